The van der Waals surface area contributed by atoms with Gasteiger partial charge >= 0.3 is 0 Å². The lowest BCUT2D eigenvalue weighted by Crippen LogP contribution is -1.87. The van der Waals surface area contributed by atoms with Crippen LogP contribution in [0.3, 0.4) is 0 Å². The van der Waals surface area contributed by atoms with Crippen molar-refractivity contribution in [3.05, 3.63) is 28.5 Å². The minimum atomic E-state index is -2.60. The number of benzene rings is 1. The molecule has 1 aromatic rings. The van der Waals surface area contributed by atoms with Crippen LogP contribution in [-0.4, -0.2) is 5.76 Å². The second-order valence-corrected chi connectivity index (χ2v) is 3.78. The molecule has 0 heterocycles. The maximum Gasteiger partial charge on any atom is 0.289 e. The summed E-state index contributed by atoms with van der Waals surface area (Å²) in [5, 5.41) is 0. The van der Waals surface area contributed by atoms with Gasteiger partial charge in [0.1, 0.15) is 5.82 Å². The largest absolute Gasteiger partial charge is 0.289 e. The third-order valence-electron chi connectivity index (χ3n) is 1.13. The molecule has 12 heavy (non-hydrogen) atoms. The number of hydrogen-bond acceptors (Lipinski definition) is 1. The summed E-state index contributed by atoms with van der Waals surface area (Å²) in [6, 6.07) is 4.12. The number of hydrogen-bond donors (Lipinski definition) is 0. The van der Waals surface area contributed by atoms with Crippen molar-refractivity contribution in [1.82, 2.24) is 0 Å². The Morgan fingerprint density at radius 1 is 1.33 bits per heavy atom. The zero-order chi connectivity index (χ0) is 9.14. The lowest BCUT2D eigenvalue weighted by Gasteiger charge is -2.03. The highest BCUT2D eigenvalue weighted by Crippen LogP contribution is 2.33. The molecule has 5 heteroatoms. The van der Waals surface area contributed by atoms with E-state index < -0.39 is 11.6 Å². The van der Waals surface area contributed by atoms with E-state index in [1.54, 1.807) is 0 Å². The number of rotatable bonds is 2. The first kappa shape index (κ1) is 9.92. The standard InChI is InChI=1S/C7H4BrF3S/c8-4-2-1-3-5(9)6(4)12-7(10)11/h1-3,7H. The van der Waals surface area contributed by atoms with Gasteiger partial charge in [-0.1, -0.05) is 17.8 Å². The van der Waals surface area contributed by atoms with E-state index in [0.29, 0.717) is 4.47 Å². The third kappa shape index (κ3) is 2.42. The van der Waals surface area contributed by atoms with Crippen LogP contribution < -0.4 is 0 Å². The maximum atomic E-state index is 12.8. The molecule has 0 fully saturated rings. The van der Waals surface area contributed by atoms with Gasteiger partial charge in [0.2, 0.25) is 0 Å². The van der Waals surface area contributed by atoms with Gasteiger partial charge in [-0.15, -0.1) is 0 Å². The minimum Gasteiger partial charge on any atom is -0.206 e. The first-order valence-corrected chi connectivity index (χ1v) is 4.67. The van der Waals surface area contributed by atoms with Crippen molar-refractivity contribution in [3.8, 4) is 0 Å². The third-order valence-corrected chi connectivity index (χ3v) is 2.88. The average Bonchev–Trinajstić information content (AvgIpc) is 1.97. The number of thioether (sulfide) groups is 1. The van der Waals surface area contributed by atoms with E-state index in [2.05, 4.69) is 15.9 Å². The van der Waals surface area contributed by atoms with Crippen molar-refractivity contribution in [2.45, 2.75) is 10.7 Å². The Hall–Kier alpha value is -0.160. The van der Waals surface area contributed by atoms with Gasteiger partial charge in [-0.3, -0.25) is 0 Å². The summed E-state index contributed by atoms with van der Waals surface area (Å²) in [6.07, 6.45) is 0. The number of halogens is 4. The second-order valence-electron chi connectivity index (χ2n) is 1.93. The molecule has 0 atom stereocenters. The molecule has 0 spiro atoms. The zero-order valence-electron chi connectivity index (χ0n) is 5.73. The van der Waals surface area contributed by atoms with Crippen LogP contribution >= 0.6 is 27.7 Å². The fourth-order valence-electron chi connectivity index (χ4n) is 0.684. The van der Waals surface area contributed by atoms with Crippen LogP contribution in [0.1, 0.15) is 0 Å². The molecule has 1 rings (SSSR count). The monoisotopic (exact) mass is 256 g/mol. The van der Waals surface area contributed by atoms with Crippen LogP contribution in [0.15, 0.2) is 27.6 Å². The molecule has 0 N–H and O–H groups in total. The van der Waals surface area contributed by atoms with E-state index in [0.717, 1.165) is 6.07 Å². The SMILES string of the molecule is Fc1cccc(Br)c1SC(F)F. The van der Waals surface area contributed by atoms with Gasteiger partial charge in [-0.2, -0.15) is 8.78 Å². The Labute approximate surface area is 80.3 Å². The normalized spacial score (nSPS) is 10.8. The molecule has 0 nitrogen and oxygen atoms in total. The minimum absolute atomic E-state index is 0.0486. The van der Waals surface area contributed by atoms with Gasteiger partial charge in [-0.05, 0) is 28.1 Å². The molecule has 0 aliphatic rings. The van der Waals surface area contributed by atoms with Crippen molar-refractivity contribution < 1.29 is 13.2 Å². The van der Waals surface area contributed by atoms with Crippen molar-refractivity contribution in [2.75, 3.05) is 0 Å². The van der Waals surface area contributed by atoms with E-state index in [4.69, 9.17) is 0 Å². The molecule has 0 saturated carbocycles. The van der Waals surface area contributed by atoms with Gasteiger partial charge in [-0.25, -0.2) is 4.39 Å². The van der Waals surface area contributed by atoms with Crippen LogP contribution in [0.4, 0.5) is 13.2 Å². The number of alkyl halides is 2. The predicted molar refractivity (Wildman–Crippen MR) is 46.0 cm³/mol. The Morgan fingerprint density at radius 3 is 2.50 bits per heavy atom. The lowest BCUT2D eigenvalue weighted by molar-refractivity contribution is 0.251. The second kappa shape index (κ2) is 4.18. The molecule has 0 radical (unpaired) electrons. The fourth-order valence-corrected chi connectivity index (χ4v) is 1.85. The van der Waals surface area contributed by atoms with Crippen LogP contribution in [0.5, 0.6) is 0 Å². The maximum absolute atomic E-state index is 12.8. The van der Waals surface area contributed by atoms with Crippen LogP contribution in [-0.2, 0) is 0 Å². The van der Waals surface area contributed by atoms with Gasteiger partial charge in [0, 0.05) is 4.47 Å². The first-order chi connectivity index (χ1) is 5.61. The summed E-state index contributed by atoms with van der Waals surface area (Å²) in [7, 11) is 0. The van der Waals surface area contributed by atoms with E-state index >= 15 is 0 Å². The van der Waals surface area contributed by atoms with Crippen LogP contribution in [0.25, 0.3) is 0 Å². The van der Waals surface area contributed by atoms with Crippen molar-refractivity contribution in [1.29, 1.82) is 0 Å². The Kier molecular flexibility index (Phi) is 3.46. The Bertz CT molecular complexity index is 257. The molecule has 0 amide bonds. The van der Waals surface area contributed by atoms with Gasteiger partial charge in [0.15, 0.2) is 0 Å². The average molecular weight is 257 g/mol. The summed E-state index contributed by atoms with van der Waals surface area (Å²) >= 11 is 3.18. The molecular weight excluding hydrogens is 253 g/mol. The zero-order valence-corrected chi connectivity index (χ0v) is 8.13. The predicted octanol–water partition coefficient (Wildman–Crippen LogP) is 3.90. The fraction of sp³-hybridized carbons (Fsp3) is 0.143. The summed E-state index contributed by atoms with van der Waals surface area (Å²) < 4.78 is 36.9. The molecule has 0 aromatic heterocycles. The summed E-state index contributed by atoms with van der Waals surface area (Å²) in [6.45, 7) is 0. The molecular formula is C7H4BrF3S. The summed E-state index contributed by atoms with van der Waals surface area (Å²) in [5.41, 5.74) is 0. The van der Waals surface area contributed by atoms with Gasteiger partial charge < -0.3 is 0 Å². The van der Waals surface area contributed by atoms with Crippen LogP contribution in [0.2, 0.25) is 0 Å². The Morgan fingerprint density at radius 2 is 2.00 bits per heavy atom. The van der Waals surface area contributed by atoms with Crippen molar-refractivity contribution in [2.24, 2.45) is 0 Å². The first-order valence-electron chi connectivity index (χ1n) is 3.00. The highest BCUT2D eigenvalue weighted by atomic mass is 79.9. The molecule has 0 aliphatic carbocycles. The van der Waals surface area contributed by atoms with Crippen molar-refractivity contribution >= 4 is 27.7 Å². The molecule has 0 unspecified atom stereocenters. The van der Waals surface area contributed by atoms with E-state index in [9.17, 15) is 13.2 Å². The van der Waals surface area contributed by atoms with Gasteiger partial charge in [0.05, 0.1) is 4.90 Å². The van der Waals surface area contributed by atoms with Crippen molar-refractivity contribution in [3.63, 3.8) is 0 Å². The van der Waals surface area contributed by atoms with Crippen LogP contribution in [0, 0.1) is 5.82 Å². The lowest BCUT2D eigenvalue weighted by atomic mass is 10.3. The molecule has 66 valence electrons. The molecule has 0 saturated heterocycles. The highest BCUT2D eigenvalue weighted by molar-refractivity contribution is 9.10. The van der Waals surface area contributed by atoms with E-state index in [1.165, 1.54) is 12.1 Å². The van der Waals surface area contributed by atoms with Gasteiger partial charge in [0.25, 0.3) is 5.76 Å². The summed E-state index contributed by atoms with van der Waals surface area (Å²) in [5.74, 6) is -3.23. The molecule has 1 aromatic carbocycles. The summed E-state index contributed by atoms with van der Waals surface area (Å²) in [4.78, 5) is -0.0486. The smallest absolute Gasteiger partial charge is 0.206 e. The van der Waals surface area contributed by atoms with E-state index in [1.807, 2.05) is 0 Å². The Balaban J connectivity index is 2.96. The highest BCUT2D eigenvalue weighted by Gasteiger charge is 2.12. The quantitative estimate of drug-likeness (QED) is 0.724. The molecule has 0 bridgehead atoms. The van der Waals surface area contributed by atoms with E-state index in [-0.39, 0.29) is 16.7 Å². The topological polar surface area (TPSA) is 0 Å². The molecule has 0 aliphatic heterocycles.